The average molecular weight is 297 g/mol. The van der Waals surface area contributed by atoms with Gasteiger partial charge in [0.2, 0.25) is 5.91 Å². The molecule has 0 aliphatic carbocycles. The molecule has 1 aliphatic heterocycles. The molecule has 0 radical (unpaired) electrons. The van der Waals surface area contributed by atoms with Gasteiger partial charge in [0.05, 0.1) is 5.92 Å². The molecule has 2 aromatic carbocycles. The smallest absolute Gasteiger partial charge is 0.224 e. The molecule has 2 aromatic rings. The number of fused-ring (bicyclic) bond motifs is 2. The first kappa shape index (κ1) is 13.9. The Kier molecular flexibility index (Phi) is 3.55. The molecule has 1 unspecified atom stereocenters. The molecule has 0 fully saturated rings. The summed E-state index contributed by atoms with van der Waals surface area (Å²) in [6.45, 7) is 1.78. The highest BCUT2D eigenvalue weighted by molar-refractivity contribution is 7.99. The van der Waals surface area contributed by atoms with E-state index in [0.29, 0.717) is 6.42 Å². The van der Waals surface area contributed by atoms with Crippen LogP contribution in [0.2, 0.25) is 0 Å². The lowest BCUT2D eigenvalue weighted by molar-refractivity contribution is -0.119. The normalized spacial score (nSPS) is 14.8. The number of hydrogen-bond donors (Lipinski definition) is 1. The molecule has 0 spiro atoms. The van der Waals surface area contributed by atoms with Gasteiger partial charge in [-0.3, -0.25) is 9.59 Å². The van der Waals surface area contributed by atoms with Crippen LogP contribution in [0.3, 0.4) is 0 Å². The Balaban J connectivity index is 2.08. The lowest BCUT2D eigenvalue weighted by Gasteiger charge is -2.11. The number of benzene rings is 2. The first-order chi connectivity index (χ1) is 10.1. The third-order valence-electron chi connectivity index (χ3n) is 3.78. The summed E-state index contributed by atoms with van der Waals surface area (Å²) < 4.78 is 0. The second-order valence-electron chi connectivity index (χ2n) is 5.19. The Labute approximate surface area is 127 Å². The number of amides is 1. The van der Waals surface area contributed by atoms with Gasteiger partial charge in [-0.15, -0.1) is 0 Å². The third kappa shape index (κ3) is 2.59. The predicted octanol–water partition coefficient (Wildman–Crippen LogP) is 3.17. The van der Waals surface area contributed by atoms with Gasteiger partial charge < -0.3 is 5.73 Å². The fourth-order valence-electron chi connectivity index (χ4n) is 2.42. The van der Waals surface area contributed by atoms with Crippen molar-refractivity contribution in [2.24, 2.45) is 5.73 Å². The van der Waals surface area contributed by atoms with Crippen molar-refractivity contribution in [2.45, 2.75) is 29.1 Å². The molecule has 1 heterocycles. The first-order valence-electron chi connectivity index (χ1n) is 6.78. The molecule has 0 saturated heterocycles. The largest absolute Gasteiger partial charge is 0.369 e. The first-order valence-corrected chi connectivity index (χ1v) is 7.60. The molecule has 0 aromatic heterocycles. The molecule has 2 N–H and O–H groups in total. The third-order valence-corrected chi connectivity index (χ3v) is 4.95. The van der Waals surface area contributed by atoms with Crippen molar-refractivity contribution in [3.8, 4) is 0 Å². The number of primary amides is 1. The summed E-state index contributed by atoms with van der Waals surface area (Å²) in [5, 5.41) is 0. The fourth-order valence-corrected chi connectivity index (χ4v) is 3.57. The van der Waals surface area contributed by atoms with Crippen molar-refractivity contribution in [3.05, 3.63) is 59.2 Å². The fraction of sp³-hybridized carbons (Fsp3) is 0.176. The zero-order valence-electron chi connectivity index (χ0n) is 11.6. The topological polar surface area (TPSA) is 60.2 Å². The zero-order valence-corrected chi connectivity index (χ0v) is 12.4. The van der Waals surface area contributed by atoms with Gasteiger partial charge in [-0.2, -0.15) is 0 Å². The summed E-state index contributed by atoms with van der Waals surface area (Å²) in [4.78, 5) is 25.7. The van der Waals surface area contributed by atoms with Gasteiger partial charge in [0.15, 0.2) is 5.78 Å². The monoisotopic (exact) mass is 297 g/mol. The lowest BCUT2D eigenvalue weighted by Crippen LogP contribution is -2.18. The van der Waals surface area contributed by atoms with Crippen LogP contribution in [0, 0.1) is 0 Å². The van der Waals surface area contributed by atoms with E-state index >= 15 is 0 Å². The molecule has 4 heteroatoms. The highest BCUT2D eigenvalue weighted by Crippen LogP contribution is 2.38. The van der Waals surface area contributed by atoms with Crippen molar-refractivity contribution < 1.29 is 9.59 Å². The molecule has 1 atom stereocenters. The molecular weight excluding hydrogens is 282 g/mol. The minimum Gasteiger partial charge on any atom is -0.369 e. The molecule has 0 saturated carbocycles. The molecule has 0 bridgehead atoms. The van der Waals surface area contributed by atoms with Gasteiger partial charge in [-0.05, 0) is 36.2 Å². The van der Waals surface area contributed by atoms with E-state index in [0.717, 1.165) is 26.5 Å². The van der Waals surface area contributed by atoms with Crippen LogP contribution in [0.5, 0.6) is 0 Å². The van der Waals surface area contributed by atoms with Crippen LogP contribution < -0.4 is 5.73 Å². The summed E-state index contributed by atoms with van der Waals surface area (Å²) in [5.41, 5.74) is 7.98. The quantitative estimate of drug-likeness (QED) is 0.926. The Morgan fingerprint density at radius 1 is 1.19 bits per heavy atom. The number of carbonyl (C=O) groups excluding carboxylic acids is 2. The van der Waals surface area contributed by atoms with Crippen molar-refractivity contribution >= 4 is 23.5 Å². The summed E-state index contributed by atoms with van der Waals surface area (Å²) >= 11 is 1.58. The van der Waals surface area contributed by atoms with Gasteiger partial charge in [0, 0.05) is 21.8 Å². The minimum absolute atomic E-state index is 0.112. The number of hydrogen-bond acceptors (Lipinski definition) is 3. The number of Topliss-reactive ketones (excluding diaryl/α,β-unsaturated/α-hetero) is 1. The van der Waals surface area contributed by atoms with Crippen LogP contribution in [0.1, 0.15) is 34.3 Å². The molecule has 1 amide bonds. The van der Waals surface area contributed by atoms with Gasteiger partial charge in [-0.25, -0.2) is 0 Å². The van der Waals surface area contributed by atoms with E-state index in [-0.39, 0.29) is 17.6 Å². The summed E-state index contributed by atoms with van der Waals surface area (Å²) in [7, 11) is 0. The Bertz CT molecular complexity index is 739. The maximum Gasteiger partial charge on any atom is 0.224 e. The number of rotatable bonds is 2. The van der Waals surface area contributed by atoms with E-state index in [2.05, 4.69) is 0 Å². The molecular formula is C17H15NO2S. The van der Waals surface area contributed by atoms with Crippen LogP contribution in [0.4, 0.5) is 0 Å². The number of carbonyl (C=O) groups is 2. The molecule has 21 heavy (non-hydrogen) atoms. The van der Waals surface area contributed by atoms with E-state index in [9.17, 15) is 9.59 Å². The Morgan fingerprint density at radius 2 is 1.95 bits per heavy atom. The minimum atomic E-state index is -0.361. The van der Waals surface area contributed by atoms with Crippen LogP contribution in [-0.2, 0) is 11.2 Å². The second-order valence-corrected chi connectivity index (χ2v) is 6.27. The predicted molar refractivity (Wildman–Crippen MR) is 82.7 cm³/mol. The molecule has 3 nitrogen and oxygen atoms in total. The van der Waals surface area contributed by atoms with Crippen molar-refractivity contribution in [2.75, 3.05) is 0 Å². The second kappa shape index (κ2) is 5.37. The molecule has 3 rings (SSSR count). The number of nitrogens with two attached hydrogens (primary N) is 1. The van der Waals surface area contributed by atoms with E-state index in [1.807, 2.05) is 42.5 Å². The van der Waals surface area contributed by atoms with Crippen molar-refractivity contribution in [3.63, 3.8) is 0 Å². The summed E-state index contributed by atoms with van der Waals surface area (Å²) in [6.07, 6.45) is 0.418. The van der Waals surface area contributed by atoms with Gasteiger partial charge in [-0.1, -0.05) is 36.0 Å². The average Bonchev–Trinajstić information content (AvgIpc) is 2.61. The molecule has 1 aliphatic rings. The van der Waals surface area contributed by atoms with Gasteiger partial charge >= 0.3 is 0 Å². The SMILES string of the molecule is CC(C(N)=O)c1ccc2c(c1)Sc1ccccc1CC2=O. The maximum atomic E-state index is 12.4. The standard InChI is InChI=1S/C17H15NO2S/c1-10(17(18)20)11-6-7-13-14(19)8-12-4-2-3-5-15(12)21-16(13)9-11/h2-7,9-10H,8H2,1H3,(H2,18,20). The number of ketones is 1. The van der Waals surface area contributed by atoms with E-state index in [1.54, 1.807) is 18.7 Å². The van der Waals surface area contributed by atoms with Crippen LogP contribution >= 0.6 is 11.8 Å². The maximum absolute atomic E-state index is 12.4. The van der Waals surface area contributed by atoms with Crippen LogP contribution in [-0.4, -0.2) is 11.7 Å². The zero-order chi connectivity index (χ0) is 15.0. The van der Waals surface area contributed by atoms with Gasteiger partial charge in [0.25, 0.3) is 0 Å². The Morgan fingerprint density at radius 3 is 2.71 bits per heavy atom. The highest BCUT2D eigenvalue weighted by atomic mass is 32.2. The summed E-state index contributed by atoms with van der Waals surface area (Å²) in [6, 6.07) is 13.5. The van der Waals surface area contributed by atoms with E-state index in [1.165, 1.54) is 0 Å². The van der Waals surface area contributed by atoms with Crippen molar-refractivity contribution in [1.82, 2.24) is 0 Å². The van der Waals surface area contributed by atoms with Crippen LogP contribution in [0.15, 0.2) is 52.3 Å². The lowest BCUT2D eigenvalue weighted by atomic mass is 9.97. The van der Waals surface area contributed by atoms with Crippen molar-refractivity contribution in [1.29, 1.82) is 0 Å². The summed E-state index contributed by atoms with van der Waals surface area (Å²) in [5.74, 6) is -0.606. The van der Waals surface area contributed by atoms with E-state index < -0.39 is 0 Å². The Hall–Kier alpha value is -2.07. The van der Waals surface area contributed by atoms with E-state index in [4.69, 9.17) is 5.73 Å². The molecule has 106 valence electrons. The van der Waals surface area contributed by atoms with Crippen LogP contribution in [0.25, 0.3) is 0 Å². The highest BCUT2D eigenvalue weighted by Gasteiger charge is 2.22. The van der Waals surface area contributed by atoms with Gasteiger partial charge in [0.1, 0.15) is 0 Å².